The summed E-state index contributed by atoms with van der Waals surface area (Å²) in [5, 5.41) is 5.48. The third kappa shape index (κ3) is 3.46. The lowest BCUT2D eigenvalue weighted by molar-refractivity contribution is -0.433. The Morgan fingerprint density at radius 1 is 1.32 bits per heavy atom. The molecular formula is C11H12F2O10S2. The van der Waals surface area contributed by atoms with E-state index in [1.165, 1.54) is 0 Å². The van der Waals surface area contributed by atoms with Crippen LogP contribution in [0.1, 0.15) is 12.8 Å². The smallest absolute Gasteiger partial charge is 0.415 e. The highest BCUT2D eigenvalue weighted by molar-refractivity contribution is 7.96. The summed E-state index contributed by atoms with van der Waals surface area (Å²) in [6, 6.07) is 0. The van der Waals surface area contributed by atoms with Crippen LogP contribution >= 0.6 is 12.0 Å². The summed E-state index contributed by atoms with van der Waals surface area (Å²) in [6.45, 7) is -1.14. The molecule has 0 radical (unpaired) electrons. The van der Waals surface area contributed by atoms with Crippen molar-refractivity contribution in [3.63, 3.8) is 0 Å². The van der Waals surface area contributed by atoms with Crippen molar-refractivity contribution in [3.8, 4) is 0 Å². The third-order valence-electron chi connectivity index (χ3n) is 4.38. The van der Waals surface area contributed by atoms with Crippen LogP contribution in [0.2, 0.25) is 0 Å². The van der Waals surface area contributed by atoms with Crippen molar-refractivity contribution in [3.05, 3.63) is 0 Å². The van der Waals surface area contributed by atoms with E-state index in [1.54, 1.807) is 0 Å². The van der Waals surface area contributed by atoms with Crippen LogP contribution < -0.4 is 0 Å². The van der Waals surface area contributed by atoms with Gasteiger partial charge in [-0.1, -0.05) is 5.04 Å². The predicted octanol–water partition coefficient (Wildman–Crippen LogP) is 0.241. The lowest BCUT2D eigenvalue weighted by atomic mass is 9.95. The summed E-state index contributed by atoms with van der Waals surface area (Å²) in [6.07, 6.45) is -0.414. The molecule has 0 aromatic heterocycles. The van der Waals surface area contributed by atoms with Crippen molar-refractivity contribution in [2.75, 3.05) is 6.61 Å². The minimum absolute atomic E-state index is 0.205. The molecule has 5 atom stereocenters. The summed E-state index contributed by atoms with van der Waals surface area (Å²) in [5.74, 6) is -3.75. The molecule has 2 bridgehead atoms. The average Bonchev–Trinajstić information content (AvgIpc) is 3.12. The zero-order valence-corrected chi connectivity index (χ0v) is 13.8. The van der Waals surface area contributed by atoms with Crippen LogP contribution in [0.15, 0.2) is 0 Å². The Balaban J connectivity index is 1.53. The van der Waals surface area contributed by atoms with Gasteiger partial charge in [0.25, 0.3) is 10.1 Å². The van der Waals surface area contributed by atoms with Gasteiger partial charge in [-0.15, -0.1) is 4.33 Å². The Hall–Kier alpha value is -1.06. The molecule has 2 saturated carbocycles. The van der Waals surface area contributed by atoms with Gasteiger partial charge in [0.1, 0.15) is 23.4 Å². The molecule has 0 aromatic rings. The monoisotopic (exact) mass is 406 g/mol. The molecule has 14 heteroatoms. The van der Waals surface area contributed by atoms with Crippen molar-refractivity contribution in [2.45, 2.75) is 35.6 Å². The normalized spacial score (nSPS) is 34.9. The van der Waals surface area contributed by atoms with E-state index < -0.39 is 63.4 Å². The second-order valence-electron chi connectivity index (χ2n) is 5.76. The van der Waals surface area contributed by atoms with Gasteiger partial charge in [-0.25, -0.2) is 14.8 Å². The Labute approximate surface area is 143 Å². The lowest BCUT2D eigenvalue weighted by Crippen LogP contribution is -2.40. The second kappa shape index (κ2) is 6.59. The predicted molar refractivity (Wildman–Crippen MR) is 72.0 cm³/mol. The molecule has 0 aromatic carbocycles. The van der Waals surface area contributed by atoms with Crippen LogP contribution in [0.5, 0.6) is 0 Å². The number of rotatable bonds is 7. The number of halogens is 2. The van der Waals surface area contributed by atoms with Gasteiger partial charge in [0.15, 0.2) is 6.61 Å². The average molecular weight is 406 g/mol. The van der Waals surface area contributed by atoms with Crippen LogP contribution in [0.3, 0.4) is 0 Å². The van der Waals surface area contributed by atoms with Crippen molar-refractivity contribution < 1.29 is 55.1 Å². The maximum atomic E-state index is 13.1. The SMILES string of the molecule is O=C(COC(=O)C(F)(F)SOOO)OC1C2CC3OS(=O)(=O)C1C3C2. The Kier molecular flexibility index (Phi) is 4.93. The Morgan fingerprint density at radius 2 is 2.04 bits per heavy atom. The van der Waals surface area contributed by atoms with Gasteiger partial charge in [-0.2, -0.15) is 17.2 Å². The first-order valence-electron chi connectivity index (χ1n) is 6.98. The number of carbonyl (C=O) groups excluding carboxylic acids is 2. The number of hydrogen-bond acceptors (Lipinski definition) is 11. The van der Waals surface area contributed by atoms with Gasteiger partial charge in [0, 0.05) is 11.8 Å². The van der Waals surface area contributed by atoms with Crippen LogP contribution in [-0.4, -0.2) is 54.9 Å². The van der Waals surface area contributed by atoms with Crippen LogP contribution in [0.4, 0.5) is 8.78 Å². The number of carbonyl (C=O) groups is 2. The van der Waals surface area contributed by atoms with Gasteiger partial charge < -0.3 is 9.47 Å². The first-order chi connectivity index (χ1) is 11.7. The molecule has 3 fully saturated rings. The minimum Gasteiger partial charge on any atom is -0.458 e. The first kappa shape index (κ1) is 18.7. The van der Waals surface area contributed by atoms with E-state index in [1.807, 2.05) is 0 Å². The molecule has 2 aliphatic carbocycles. The van der Waals surface area contributed by atoms with Crippen molar-refractivity contribution in [2.24, 2.45) is 11.8 Å². The van der Waals surface area contributed by atoms with E-state index in [9.17, 15) is 26.8 Å². The van der Waals surface area contributed by atoms with E-state index in [2.05, 4.69) is 14.1 Å². The molecule has 3 rings (SSSR count). The highest BCUT2D eigenvalue weighted by Crippen LogP contribution is 2.55. The molecule has 10 nitrogen and oxygen atoms in total. The van der Waals surface area contributed by atoms with Crippen LogP contribution in [0.25, 0.3) is 0 Å². The number of fused-ring (bicyclic) bond motifs is 1. The molecule has 3 aliphatic rings. The number of esters is 2. The Bertz CT molecular complexity index is 666. The largest absolute Gasteiger partial charge is 0.458 e. The van der Waals surface area contributed by atoms with Crippen molar-refractivity contribution >= 4 is 34.1 Å². The zero-order chi connectivity index (χ0) is 18.4. The standard InChI is InChI=1S/C11H12F2O10S2/c12-11(13,24-23-22-16)10(15)19-3-7(14)20-8-4-1-5-6(2-4)21-25(17,18)9(5)8/h4-6,8-9,16H,1-3H2. The molecule has 0 amide bonds. The fraction of sp³-hybridized carbons (Fsp3) is 0.818. The fourth-order valence-electron chi connectivity index (χ4n) is 3.57. The van der Waals surface area contributed by atoms with E-state index in [4.69, 9.17) is 14.2 Å². The van der Waals surface area contributed by atoms with Gasteiger partial charge in [0.2, 0.25) is 0 Å². The maximum absolute atomic E-state index is 13.1. The van der Waals surface area contributed by atoms with E-state index >= 15 is 0 Å². The molecule has 1 aliphatic heterocycles. The van der Waals surface area contributed by atoms with Crippen LogP contribution in [-0.2, 0) is 42.7 Å². The van der Waals surface area contributed by atoms with Gasteiger partial charge in [-0.05, 0) is 12.8 Å². The lowest BCUT2D eigenvalue weighted by Gasteiger charge is -2.24. The minimum atomic E-state index is -4.24. The highest BCUT2D eigenvalue weighted by atomic mass is 32.2. The molecule has 1 N–H and O–H groups in total. The van der Waals surface area contributed by atoms with Crippen molar-refractivity contribution in [1.82, 2.24) is 0 Å². The van der Waals surface area contributed by atoms with E-state index in [0.717, 1.165) is 0 Å². The van der Waals surface area contributed by atoms with E-state index in [0.29, 0.717) is 12.8 Å². The highest BCUT2D eigenvalue weighted by Gasteiger charge is 2.66. The third-order valence-corrected chi connectivity index (χ3v) is 6.69. The summed E-state index contributed by atoms with van der Waals surface area (Å²) in [5.41, 5.74) is 0. The molecule has 142 valence electrons. The topological polar surface area (TPSA) is 135 Å². The Morgan fingerprint density at radius 3 is 2.72 bits per heavy atom. The van der Waals surface area contributed by atoms with Gasteiger partial charge in [0.05, 0.1) is 6.10 Å². The van der Waals surface area contributed by atoms with Gasteiger partial charge >= 0.3 is 17.2 Å². The quantitative estimate of drug-likeness (QED) is 0.205. The molecule has 0 spiro atoms. The number of hydrogen-bond donors (Lipinski definition) is 1. The number of ether oxygens (including phenoxy) is 2. The summed E-state index contributed by atoms with van der Waals surface area (Å²) >= 11 is -0.838. The second-order valence-corrected chi connectivity index (χ2v) is 8.30. The molecule has 1 saturated heterocycles. The maximum Gasteiger partial charge on any atom is 0.415 e. The molecule has 1 heterocycles. The molecule has 25 heavy (non-hydrogen) atoms. The van der Waals surface area contributed by atoms with Gasteiger partial charge in [-0.3, -0.25) is 4.18 Å². The molecule has 5 unspecified atom stereocenters. The molecular weight excluding hydrogens is 394 g/mol. The fourth-order valence-corrected chi connectivity index (χ4v) is 5.83. The van der Waals surface area contributed by atoms with Crippen LogP contribution in [0, 0.1) is 11.8 Å². The summed E-state index contributed by atoms with van der Waals surface area (Å²) in [7, 11) is -3.85. The summed E-state index contributed by atoms with van der Waals surface area (Å²) in [4.78, 5) is 22.9. The first-order valence-corrected chi connectivity index (χ1v) is 9.19. The number of alkyl halides is 2. The zero-order valence-electron chi connectivity index (χ0n) is 12.2. The summed E-state index contributed by atoms with van der Waals surface area (Å²) < 4.78 is 67.7. The van der Waals surface area contributed by atoms with Crippen molar-refractivity contribution in [1.29, 1.82) is 0 Å². The van der Waals surface area contributed by atoms with E-state index in [-0.39, 0.29) is 11.8 Å².